The molecule has 1 N–H and O–H groups in total. The molecule has 9 aromatic carbocycles. The van der Waals surface area contributed by atoms with Crippen LogP contribution in [0.25, 0.3) is 93.8 Å². The molecule has 10 aromatic rings. The Morgan fingerprint density at radius 3 is 1.85 bits per heavy atom. The van der Waals surface area contributed by atoms with Gasteiger partial charge in [0.15, 0.2) is 11.0 Å². The molecule has 2 heteroatoms. The molecule has 0 aliphatic heterocycles. The normalized spacial score (nSPS) is 13.1. The minimum absolute atomic E-state index is 0.109. The Kier molecular flexibility index (Phi) is 6.63. The Balaban J connectivity index is 1.19. The maximum absolute atomic E-state index is 3.74. The predicted octanol–water partition coefficient (Wildman–Crippen LogP) is 13.2. The van der Waals surface area contributed by atoms with Gasteiger partial charge in [0.25, 0.3) is 5.82 Å². The zero-order valence-electron chi connectivity index (χ0n) is 30.3. The monoisotopic (exact) mass is 689 g/mol. The number of H-pyrrole nitrogens is 1. The molecule has 0 atom stereocenters. The van der Waals surface area contributed by atoms with E-state index in [9.17, 15) is 0 Å². The van der Waals surface area contributed by atoms with Crippen molar-refractivity contribution in [1.82, 2.24) is 4.98 Å². The summed E-state index contributed by atoms with van der Waals surface area (Å²) >= 11 is 0. The number of fused-ring (bicyclic) bond motifs is 7. The van der Waals surface area contributed by atoms with Crippen LogP contribution in [0.4, 0.5) is 0 Å². The molecule has 1 aromatic heterocycles. The SMILES string of the molecule is CC1(C)c2ccccc2-c2cc3c(-c4ccc(-c5[nH]c6ccccc6[n+]5-c5ccccc5)cc4)c4ccccc4c(-c4ccc5ccccc5c4)c3cc21. The Morgan fingerprint density at radius 1 is 0.426 bits per heavy atom. The zero-order chi connectivity index (χ0) is 36.0. The first kappa shape index (κ1) is 30.8. The molecule has 0 amide bonds. The Bertz CT molecular complexity index is 3110. The summed E-state index contributed by atoms with van der Waals surface area (Å²) < 4.78 is 2.33. The summed E-state index contributed by atoms with van der Waals surface area (Å²) in [5.41, 5.74) is 14.9. The molecule has 0 saturated carbocycles. The topological polar surface area (TPSA) is 19.7 Å². The van der Waals surface area contributed by atoms with E-state index in [-0.39, 0.29) is 5.41 Å². The van der Waals surface area contributed by atoms with Gasteiger partial charge in [-0.3, -0.25) is 0 Å². The van der Waals surface area contributed by atoms with Crippen LogP contribution in [0.1, 0.15) is 25.0 Å². The van der Waals surface area contributed by atoms with E-state index in [4.69, 9.17) is 0 Å². The number of aromatic amines is 1. The lowest BCUT2D eigenvalue weighted by Gasteiger charge is -2.24. The van der Waals surface area contributed by atoms with Crippen molar-refractivity contribution in [3.05, 3.63) is 193 Å². The standard InChI is InChI=1S/C52H36N2/c1-52(2)45-21-11-10-18-39(45)42-31-43-44(32-46(42)52)50(37-29-24-33-14-6-7-15-36(33)30-37)41-20-9-8-19-40(41)49(43)34-25-27-35(28-26-34)51-53-47-22-12-13-23-48(47)54(51)38-16-4-3-5-17-38/h3-32H,1-2H3/p+1. The summed E-state index contributed by atoms with van der Waals surface area (Å²) in [6, 6.07) is 67.0. The van der Waals surface area contributed by atoms with Gasteiger partial charge in [0.1, 0.15) is 5.69 Å². The average molecular weight is 690 g/mol. The van der Waals surface area contributed by atoms with Gasteiger partial charge >= 0.3 is 0 Å². The Morgan fingerprint density at radius 2 is 1.04 bits per heavy atom. The highest BCUT2D eigenvalue weighted by Crippen LogP contribution is 2.53. The van der Waals surface area contributed by atoms with Crippen LogP contribution < -0.4 is 4.57 Å². The van der Waals surface area contributed by atoms with Crippen LogP contribution in [0.2, 0.25) is 0 Å². The van der Waals surface area contributed by atoms with E-state index < -0.39 is 0 Å². The van der Waals surface area contributed by atoms with Crippen molar-refractivity contribution in [3.8, 4) is 50.5 Å². The van der Waals surface area contributed by atoms with Gasteiger partial charge in [0.2, 0.25) is 0 Å². The van der Waals surface area contributed by atoms with Crippen LogP contribution in [0.5, 0.6) is 0 Å². The summed E-state index contributed by atoms with van der Waals surface area (Å²) in [5.74, 6) is 1.06. The molecule has 0 saturated heterocycles. The molecule has 0 spiro atoms. The maximum Gasteiger partial charge on any atom is 0.292 e. The minimum Gasteiger partial charge on any atom is -0.236 e. The number of rotatable bonds is 4. The van der Waals surface area contributed by atoms with Gasteiger partial charge in [-0.2, -0.15) is 4.57 Å². The lowest BCUT2D eigenvalue weighted by molar-refractivity contribution is -0.554. The van der Waals surface area contributed by atoms with E-state index in [1.165, 1.54) is 76.8 Å². The highest BCUT2D eigenvalue weighted by Gasteiger charge is 2.36. The molecule has 0 bridgehead atoms. The quantitative estimate of drug-likeness (QED) is 0.140. The number of benzene rings is 9. The number of hydrogen-bond acceptors (Lipinski definition) is 0. The zero-order valence-corrected chi connectivity index (χ0v) is 30.3. The lowest BCUT2D eigenvalue weighted by atomic mass is 9.79. The first-order chi connectivity index (χ1) is 26.5. The number of aromatic nitrogens is 2. The molecule has 1 aliphatic rings. The number of imidazole rings is 1. The van der Waals surface area contributed by atoms with E-state index in [0.717, 1.165) is 28.1 Å². The van der Waals surface area contributed by atoms with Gasteiger partial charge in [-0.15, -0.1) is 0 Å². The average Bonchev–Trinajstić information content (AvgIpc) is 3.72. The van der Waals surface area contributed by atoms with E-state index in [1.54, 1.807) is 0 Å². The van der Waals surface area contributed by atoms with Crippen LogP contribution in [0.15, 0.2) is 182 Å². The van der Waals surface area contributed by atoms with Gasteiger partial charge in [-0.1, -0.05) is 141 Å². The molecule has 54 heavy (non-hydrogen) atoms. The van der Waals surface area contributed by atoms with Crippen molar-refractivity contribution in [2.45, 2.75) is 19.3 Å². The van der Waals surface area contributed by atoms with Crippen LogP contribution >= 0.6 is 0 Å². The van der Waals surface area contributed by atoms with Crippen LogP contribution in [0, 0.1) is 0 Å². The van der Waals surface area contributed by atoms with Crippen LogP contribution in [-0.2, 0) is 5.41 Å². The first-order valence-electron chi connectivity index (χ1n) is 18.9. The number of nitrogens with zero attached hydrogens (tertiary/aromatic N) is 1. The second kappa shape index (κ2) is 11.6. The molecule has 1 heterocycles. The summed E-state index contributed by atoms with van der Waals surface area (Å²) in [4.78, 5) is 3.74. The number of hydrogen-bond donors (Lipinski definition) is 1. The molecule has 0 radical (unpaired) electrons. The predicted molar refractivity (Wildman–Crippen MR) is 226 cm³/mol. The smallest absolute Gasteiger partial charge is 0.236 e. The van der Waals surface area contributed by atoms with E-state index in [2.05, 4.69) is 205 Å². The number of para-hydroxylation sites is 3. The van der Waals surface area contributed by atoms with E-state index in [0.29, 0.717) is 0 Å². The fourth-order valence-electron chi connectivity index (χ4n) is 9.26. The fraction of sp³-hybridized carbons (Fsp3) is 0.0577. The highest BCUT2D eigenvalue weighted by atomic mass is 15.1. The third-order valence-electron chi connectivity index (χ3n) is 11.8. The second-order valence-electron chi connectivity index (χ2n) is 15.2. The Labute approximate surface area is 314 Å². The van der Waals surface area contributed by atoms with Crippen molar-refractivity contribution in [2.24, 2.45) is 0 Å². The van der Waals surface area contributed by atoms with Crippen molar-refractivity contribution in [2.75, 3.05) is 0 Å². The molecular weight excluding hydrogens is 653 g/mol. The second-order valence-corrected chi connectivity index (χ2v) is 15.2. The summed E-state index contributed by atoms with van der Waals surface area (Å²) in [5, 5.41) is 7.61. The lowest BCUT2D eigenvalue weighted by Crippen LogP contribution is -2.31. The molecule has 0 fully saturated rings. The largest absolute Gasteiger partial charge is 0.292 e. The van der Waals surface area contributed by atoms with Gasteiger partial charge < -0.3 is 0 Å². The molecule has 11 rings (SSSR count). The third kappa shape index (κ3) is 4.50. The van der Waals surface area contributed by atoms with Gasteiger partial charge in [0.05, 0.1) is 5.56 Å². The fourth-order valence-corrected chi connectivity index (χ4v) is 9.26. The first-order valence-corrected chi connectivity index (χ1v) is 18.9. The number of nitrogens with one attached hydrogen (secondary N) is 1. The van der Waals surface area contributed by atoms with Crippen molar-refractivity contribution < 1.29 is 4.57 Å². The molecular formula is C52H37N2+. The summed E-state index contributed by atoms with van der Waals surface area (Å²) in [7, 11) is 0. The van der Waals surface area contributed by atoms with Crippen molar-refractivity contribution in [1.29, 1.82) is 0 Å². The van der Waals surface area contributed by atoms with Crippen molar-refractivity contribution in [3.63, 3.8) is 0 Å². The van der Waals surface area contributed by atoms with E-state index >= 15 is 0 Å². The third-order valence-corrected chi connectivity index (χ3v) is 11.8. The van der Waals surface area contributed by atoms with Gasteiger partial charge in [0, 0.05) is 5.41 Å². The van der Waals surface area contributed by atoms with Crippen LogP contribution in [-0.4, -0.2) is 4.98 Å². The Hall–Kier alpha value is -6.77. The summed E-state index contributed by atoms with van der Waals surface area (Å²) in [6.45, 7) is 4.76. The summed E-state index contributed by atoms with van der Waals surface area (Å²) in [6.07, 6.45) is 0. The van der Waals surface area contributed by atoms with E-state index in [1.807, 2.05) is 0 Å². The molecule has 254 valence electrons. The molecule has 2 nitrogen and oxygen atoms in total. The maximum atomic E-state index is 3.74. The van der Waals surface area contributed by atoms with Crippen molar-refractivity contribution >= 4 is 43.4 Å². The van der Waals surface area contributed by atoms with Gasteiger partial charge in [-0.25, -0.2) is 4.98 Å². The van der Waals surface area contributed by atoms with Crippen LogP contribution in [0.3, 0.4) is 0 Å². The van der Waals surface area contributed by atoms with Gasteiger partial charge in [-0.05, 0) is 131 Å². The molecule has 1 aliphatic carbocycles. The highest BCUT2D eigenvalue weighted by molar-refractivity contribution is 6.23. The minimum atomic E-state index is -0.109. The molecule has 0 unspecified atom stereocenters.